The first-order valence-electron chi connectivity index (χ1n) is 4.79. The molecule has 1 aromatic carbocycles. The fraction of sp³-hybridized carbons (Fsp3) is 0.455. The molecule has 0 radical (unpaired) electrons. The van der Waals surface area contributed by atoms with E-state index in [9.17, 15) is 0 Å². The summed E-state index contributed by atoms with van der Waals surface area (Å²) >= 11 is 0. The van der Waals surface area contributed by atoms with Crippen LogP contribution < -0.4 is 10.1 Å². The molecule has 2 nitrogen and oxygen atoms in total. The van der Waals surface area contributed by atoms with Gasteiger partial charge in [-0.05, 0) is 13.0 Å². The molecule has 1 heterocycles. The molecule has 0 amide bonds. The first-order valence-corrected chi connectivity index (χ1v) is 4.79. The largest absolute Gasteiger partial charge is 0.478 e. The van der Waals surface area contributed by atoms with Crippen LogP contribution in [0.15, 0.2) is 18.2 Å². The summed E-state index contributed by atoms with van der Waals surface area (Å²) in [4.78, 5) is 0. The molecule has 0 saturated heterocycles. The molecule has 1 aliphatic rings. The van der Waals surface area contributed by atoms with E-state index >= 15 is 0 Å². The summed E-state index contributed by atoms with van der Waals surface area (Å²) in [6.45, 7) is 7.65. The van der Waals surface area contributed by atoms with Crippen molar-refractivity contribution in [2.45, 2.75) is 27.3 Å². The summed E-state index contributed by atoms with van der Waals surface area (Å²) in [6.07, 6.45) is 0. The Balaban J connectivity index is 0.000000396. The van der Waals surface area contributed by atoms with Crippen molar-refractivity contribution in [3.05, 3.63) is 29.3 Å². The zero-order chi connectivity index (χ0) is 9.68. The van der Waals surface area contributed by atoms with Gasteiger partial charge in [0.05, 0.1) is 0 Å². The Kier molecular flexibility index (Phi) is 3.77. The molecule has 0 unspecified atom stereocenters. The minimum absolute atomic E-state index is 0.635. The lowest BCUT2D eigenvalue weighted by Gasteiger charge is -2.18. The molecule has 0 aliphatic carbocycles. The van der Waals surface area contributed by atoms with Gasteiger partial charge in [-0.3, -0.25) is 5.32 Å². The van der Waals surface area contributed by atoms with Crippen LogP contribution in [-0.2, 0) is 6.54 Å². The van der Waals surface area contributed by atoms with Gasteiger partial charge in [-0.25, -0.2) is 0 Å². The summed E-state index contributed by atoms with van der Waals surface area (Å²) in [6, 6.07) is 6.26. The summed E-state index contributed by atoms with van der Waals surface area (Å²) in [7, 11) is 0. The lowest BCUT2D eigenvalue weighted by Crippen LogP contribution is -2.25. The quantitative estimate of drug-likeness (QED) is 0.660. The van der Waals surface area contributed by atoms with Gasteiger partial charge in [0.15, 0.2) is 0 Å². The third-order valence-electron chi connectivity index (χ3n) is 1.86. The van der Waals surface area contributed by atoms with E-state index in [1.165, 1.54) is 11.1 Å². The Labute approximate surface area is 79.9 Å². The van der Waals surface area contributed by atoms with E-state index < -0.39 is 0 Å². The number of nitrogens with one attached hydrogen (secondary N) is 1. The van der Waals surface area contributed by atoms with Crippen molar-refractivity contribution >= 4 is 0 Å². The van der Waals surface area contributed by atoms with Crippen molar-refractivity contribution in [2.75, 3.05) is 6.73 Å². The second-order valence-electron chi connectivity index (χ2n) is 2.83. The van der Waals surface area contributed by atoms with Gasteiger partial charge in [0, 0.05) is 12.1 Å². The van der Waals surface area contributed by atoms with Crippen molar-refractivity contribution < 1.29 is 4.74 Å². The van der Waals surface area contributed by atoms with E-state index in [1.807, 2.05) is 19.9 Å². The topological polar surface area (TPSA) is 21.3 Å². The van der Waals surface area contributed by atoms with Gasteiger partial charge in [-0.1, -0.05) is 31.5 Å². The predicted octanol–water partition coefficient (Wildman–Crippen LogP) is 2.46. The normalized spacial score (nSPS) is 13.5. The van der Waals surface area contributed by atoms with Crippen molar-refractivity contribution in [1.29, 1.82) is 0 Å². The number of benzene rings is 1. The molecule has 13 heavy (non-hydrogen) atoms. The Morgan fingerprint density at radius 3 is 2.85 bits per heavy atom. The molecule has 0 fully saturated rings. The highest BCUT2D eigenvalue weighted by Crippen LogP contribution is 2.21. The maximum absolute atomic E-state index is 5.37. The van der Waals surface area contributed by atoms with Crippen molar-refractivity contribution in [1.82, 2.24) is 5.32 Å². The zero-order valence-electron chi connectivity index (χ0n) is 8.55. The Hall–Kier alpha value is -1.02. The smallest absolute Gasteiger partial charge is 0.139 e. The Morgan fingerprint density at radius 1 is 1.31 bits per heavy atom. The number of hydrogen-bond donors (Lipinski definition) is 1. The van der Waals surface area contributed by atoms with Gasteiger partial charge in [0.1, 0.15) is 12.5 Å². The van der Waals surface area contributed by atoms with Crippen molar-refractivity contribution in [3.8, 4) is 5.75 Å². The molecule has 0 bridgehead atoms. The zero-order valence-corrected chi connectivity index (χ0v) is 8.55. The molecule has 2 heteroatoms. The molecule has 0 aromatic heterocycles. The van der Waals surface area contributed by atoms with E-state index in [-0.39, 0.29) is 0 Å². The maximum Gasteiger partial charge on any atom is 0.139 e. The van der Waals surface area contributed by atoms with Gasteiger partial charge in [0.25, 0.3) is 0 Å². The summed E-state index contributed by atoms with van der Waals surface area (Å²) in [5.41, 5.74) is 2.55. The van der Waals surface area contributed by atoms with E-state index in [0.29, 0.717) is 6.73 Å². The van der Waals surface area contributed by atoms with E-state index in [0.717, 1.165) is 12.3 Å². The molecule has 1 aromatic rings. The molecule has 1 aliphatic heterocycles. The van der Waals surface area contributed by atoms with Crippen LogP contribution >= 0.6 is 0 Å². The fourth-order valence-corrected chi connectivity index (χ4v) is 1.30. The second-order valence-corrected chi connectivity index (χ2v) is 2.83. The third-order valence-corrected chi connectivity index (χ3v) is 1.86. The number of ether oxygens (including phenoxy) is 1. The van der Waals surface area contributed by atoms with Gasteiger partial charge in [-0.15, -0.1) is 0 Å². The third kappa shape index (κ3) is 2.46. The predicted molar refractivity (Wildman–Crippen MR) is 54.9 cm³/mol. The lowest BCUT2D eigenvalue weighted by atomic mass is 10.1. The summed E-state index contributed by atoms with van der Waals surface area (Å²) in [5, 5.41) is 3.15. The van der Waals surface area contributed by atoms with Crippen LogP contribution in [0.25, 0.3) is 0 Å². The van der Waals surface area contributed by atoms with Crippen molar-refractivity contribution in [3.63, 3.8) is 0 Å². The van der Waals surface area contributed by atoms with E-state index in [4.69, 9.17) is 4.74 Å². The number of aryl methyl sites for hydroxylation is 1. The molecule has 2 rings (SSSR count). The van der Waals surface area contributed by atoms with Gasteiger partial charge >= 0.3 is 0 Å². The van der Waals surface area contributed by atoms with E-state index in [1.54, 1.807) is 0 Å². The van der Waals surface area contributed by atoms with Crippen LogP contribution in [-0.4, -0.2) is 6.73 Å². The molecule has 1 N–H and O–H groups in total. The number of fused-ring (bicyclic) bond motifs is 1. The molecule has 0 atom stereocenters. The Morgan fingerprint density at radius 2 is 2.08 bits per heavy atom. The summed E-state index contributed by atoms with van der Waals surface area (Å²) < 4.78 is 5.37. The monoisotopic (exact) mass is 179 g/mol. The average molecular weight is 179 g/mol. The molecular formula is C11H17NO. The molecule has 0 spiro atoms. The van der Waals surface area contributed by atoms with Crippen LogP contribution in [0, 0.1) is 6.92 Å². The SMILES string of the molecule is CC.Cc1ccc2c(c1)CNCO2. The van der Waals surface area contributed by atoms with E-state index in [2.05, 4.69) is 24.4 Å². The van der Waals surface area contributed by atoms with Gasteiger partial charge < -0.3 is 4.74 Å². The van der Waals surface area contributed by atoms with Gasteiger partial charge in [0.2, 0.25) is 0 Å². The highest BCUT2D eigenvalue weighted by Gasteiger charge is 2.07. The fourth-order valence-electron chi connectivity index (χ4n) is 1.30. The molecule has 0 saturated carbocycles. The highest BCUT2D eigenvalue weighted by atomic mass is 16.5. The Bertz CT molecular complexity index is 271. The minimum atomic E-state index is 0.635. The first-order chi connectivity index (χ1) is 6.36. The van der Waals surface area contributed by atoms with Gasteiger partial charge in [-0.2, -0.15) is 0 Å². The summed E-state index contributed by atoms with van der Waals surface area (Å²) in [5.74, 6) is 1.02. The second kappa shape index (κ2) is 4.87. The number of hydrogen-bond acceptors (Lipinski definition) is 2. The highest BCUT2D eigenvalue weighted by molar-refractivity contribution is 5.37. The minimum Gasteiger partial charge on any atom is -0.478 e. The van der Waals surface area contributed by atoms with Crippen LogP contribution in [0.2, 0.25) is 0 Å². The average Bonchev–Trinajstić information content (AvgIpc) is 2.21. The number of rotatable bonds is 0. The maximum atomic E-state index is 5.37. The molecular weight excluding hydrogens is 162 g/mol. The molecule has 72 valence electrons. The lowest BCUT2D eigenvalue weighted by molar-refractivity contribution is 0.257. The van der Waals surface area contributed by atoms with Crippen LogP contribution in [0.5, 0.6) is 5.75 Å². The van der Waals surface area contributed by atoms with Crippen LogP contribution in [0.4, 0.5) is 0 Å². The van der Waals surface area contributed by atoms with Crippen molar-refractivity contribution in [2.24, 2.45) is 0 Å². The van der Waals surface area contributed by atoms with Crippen LogP contribution in [0.1, 0.15) is 25.0 Å². The van der Waals surface area contributed by atoms with Crippen LogP contribution in [0.3, 0.4) is 0 Å². The first kappa shape index (κ1) is 10.1. The standard InChI is InChI=1S/C9H11NO.C2H6/c1-7-2-3-9-8(4-7)5-10-6-11-9;1-2/h2-4,10H,5-6H2,1H3;1-2H3.